The molecule has 0 aromatic carbocycles. The molecule has 1 rings (SSSR count). The van der Waals surface area contributed by atoms with Gasteiger partial charge >= 0.3 is 11.0 Å². The van der Waals surface area contributed by atoms with Crippen LogP contribution in [-0.4, -0.2) is 11.1 Å². The molecule has 10 heavy (non-hydrogen) atoms. The van der Waals surface area contributed by atoms with E-state index in [1.54, 1.807) is 11.6 Å². The molecule has 0 radical (unpaired) electrons. The van der Waals surface area contributed by atoms with E-state index in [1.165, 1.54) is 11.3 Å². The SMILES string of the molecule is Cc1csc(C(=O)O)[n+]1C. The minimum Gasteiger partial charge on any atom is -0.473 e. The van der Waals surface area contributed by atoms with Crippen LogP contribution in [0.2, 0.25) is 0 Å². The second kappa shape index (κ2) is 2.38. The molecular formula is C6H8NO2S+. The van der Waals surface area contributed by atoms with Crippen molar-refractivity contribution in [3.8, 4) is 0 Å². The molecule has 0 aliphatic carbocycles. The maximum atomic E-state index is 10.4. The number of carbonyl (C=O) groups is 1. The van der Waals surface area contributed by atoms with Gasteiger partial charge in [-0.2, -0.15) is 4.57 Å². The molecule has 4 heteroatoms. The molecule has 54 valence electrons. The third-order valence-electron chi connectivity index (χ3n) is 1.36. The zero-order valence-corrected chi connectivity index (χ0v) is 6.60. The molecule has 0 atom stereocenters. The highest BCUT2D eigenvalue weighted by Gasteiger charge is 2.19. The Balaban J connectivity index is 3.17. The van der Waals surface area contributed by atoms with E-state index in [0.29, 0.717) is 5.01 Å². The number of nitrogens with zero attached hydrogens (tertiary/aromatic N) is 1. The lowest BCUT2D eigenvalue weighted by Crippen LogP contribution is -2.35. The van der Waals surface area contributed by atoms with E-state index in [0.717, 1.165) is 5.69 Å². The Kier molecular flexibility index (Phi) is 1.72. The van der Waals surface area contributed by atoms with Crippen LogP contribution in [0.15, 0.2) is 5.38 Å². The molecule has 0 saturated heterocycles. The minimum atomic E-state index is -0.861. The van der Waals surface area contributed by atoms with Crippen molar-refractivity contribution in [1.29, 1.82) is 0 Å². The lowest BCUT2D eigenvalue weighted by atomic mass is 10.5. The average molecular weight is 158 g/mol. The van der Waals surface area contributed by atoms with Gasteiger partial charge in [-0.25, -0.2) is 4.79 Å². The van der Waals surface area contributed by atoms with E-state index in [1.807, 2.05) is 12.3 Å². The topological polar surface area (TPSA) is 41.2 Å². The summed E-state index contributed by atoms with van der Waals surface area (Å²) in [7, 11) is 1.75. The number of rotatable bonds is 1. The maximum Gasteiger partial charge on any atom is 0.412 e. The predicted octanol–water partition coefficient (Wildman–Crippen LogP) is 0.579. The van der Waals surface area contributed by atoms with Gasteiger partial charge in [-0.3, -0.25) is 0 Å². The Morgan fingerprint density at radius 1 is 1.80 bits per heavy atom. The van der Waals surface area contributed by atoms with Crippen LogP contribution >= 0.6 is 11.3 Å². The summed E-state index contributed by atoms with van der Waals surface area (Å²) in [5, 5.41) is 10.8. The van der Waals surface area contributed by atoms with Crippen molar-refractivity contribution < 1.29 is 14.5 Å². The van der Waals surface area contributed by atoms with Crippen molar-refractivity contribution >= 4 is 17.3 Å². The van der Waals surface area contributed by atoms with Crippen LogP contribution in [0.4, 0.5) is 0 Å². The van der Waals surface area contributed by atoms with Gasteiger partial charge in [0.15, 0.2) is 5.69 Å². The van der Waals surface area contributed by atoms with E-state index in [2.05, 4.69) is 0 Å². The largest absolute Gasteiger partial charge is 0.473 e. The number of aromatic carboxylic acids is 1. The van der Waals surface area contributed by atoms with Gasteiger partial charge in [-0.15, -0.1) is 0 Å². The summed E-state index contributed by atoms with van der Waals surface area (Å²) in [4.78, 5) is 10.4. The average Bonchev–Trinajstić information content (AvgIpc) is 2.14. The highest BCUT2D eigenvalue weighted by atomic mass is 32.1. The van der Waals surface area contributed by atoms with Gasteiger partial charge in [0.25, 0.3) is 0 Å². The highest BCUT2D eigenvalue weighted by molar-refractivity contribution is 7.11. The molecule has 0 amide bonds. The van der Waals surface area contributed by atoms with Gasteiger partial charge in [-0.05, 0) is 0 Å². The number of hydrogen-bond donors (Lipinski definition) is 1. The summed E-state index contributed by atoms with van der Waals surface area (Å²) >= 11 is 1.25. The molecule has 0 fully saturated rings. The summed E-state index contributed by atoms with van der Waals surface area (Å²) in [6, 6.07) is 0. The highest BCUT2D eigenvalue weighted by Crippen LogP contribution is 2.04. The molecule has 1 aromatic rings. The quantitative estimate of drug-likeness (QED) is 0.607. The Morgan fingerprint density at radius 3 is 2.60 bits per heavy atom. The summed E-state index contributed by atoms with van der Waals surface area (Å²) in [6.07, 6.45) is 0. The third-order valence-corrected chi connectivity index (χ3v) is 2.49. The molecule has 0 spiro atoms. The predicted molar refractivity (Wildman–Crippen MR) is 37.2 cm³/mol. The fraction of sp³-hybridized carbons (Fsp3) is 0.333. The first kappa shape index (κ1) is 7.21. The van der Waals surface area contributed by atoms with Crippen LogP contribution in [0.3, 0.4) is 0 Å². The van der Waals surface area contributed by atoms with Crippen molar-refractivity contribution in [2.24, 2.45) is 7.05 Å². The Labute approximate surface area is 62.6 Å². The van der Waals surface area contributed by atoms with Crippen LogP contribution in [0, 0.1) is 6.92 Å². The summed E-state index contributed by atoms with van der Waals surface area (Å²) < 4.78 is 1.66. The lowest BCUT2D eigenvalue weighted by molar-refractivity contribution is -0.675. The van der Waals surface area contributed by atoms with E-state index in [-0.39, 0.29) is 0 Å². The second-order valence-corrected chi connectivity index (χ2v) is 2.90. The van der Waals surface area contributed by atoms with Crippen molar-refractivity contribution in [1.82, 2.24) is 0 Å². The van der Waals surface area contributed by atoms with Crippen molar-refractivity contribution in [3.05, 3.63) is 16.1 Å². The number of hydrogen-bond acceptors (Lipinski definition) is 2. The molecule has 0 saturated carbocycles. The summed E-state index contributed by atoms with van der Waals surface area (Å²) in [5.41, 5.74) is 0.974. The number of aryl methyl sites for hydroxylation is 1. The van der Waals surface area contributed by atoms with Gasteiger partial charge in [0.1, 0.15) is 7.05 Å². The van der Waals surface area contributed by atoms with Crippen molar-refractivity contribution in [2.45, 2.75) is 6.92 Å². The van der Waals surface area contributed by atoms with E-state index in [9.17, 15) is 4.79 Å². The molecule has 1 heterocycles. The first-order valence-electron chi connectivity index (χ1n) is 2.80. The smallest absolute Gasteiger partial charge is 0.412 e. The van der Waals surface area contributed by atoms with Gasteiger partial charge in [0, 0.05) is 6.92 Å². The zero-order chi connectivity index (χ0) is 7.72. The van der Waals surface area contributed by atoms with Crippen LogP contribution < -0.4 is 4.57 Å². The lowest BCUT2D eigenvalue weighted by Gasteiger charge is -1.84. The molecule has 3 nitrogen and oxygen atoms in total. The fourth-order valence-corrected chi connectivity index (χ4v) is 1.50. The third kappa shape index (κ3) is 1.02. The van der Waals surface area contributed by atoms with Gasteiger partial charge in [0.05, 0.1) is 5.38 Å². The standard InChI is InChI=1S/C6H7NO2S/c1-4-3-10-5(6(8)9)7(4)2/h3H,1-2H3/p+1. The van der Waals surface area contributed by atoms with Crippen LogP contribution in [0.1, 0.15) is 15.5 Å². The minimum absolute atomic E-state index is 0.373. The van der Waals surface area contributed by atoms with Crippen LogP contribution in [0.5, 0.6) is 0 Å². The second-order valence-electron chi connectivity index (χ2n) is 2.05. The molecule has 1 aromatic heterocycles. The Bertz CT molecular complexity index is 267. The number of carboxylic acid groups (broad SMARTS) is 1. The van der Waals surface area contributed by atoms with Crippen LogP contribution in [0.25, 0.3) is 0 Å². The number of aromatic nitrogens is 1. The summed E-state index contributed by atoms with van der Waals surface area (Å²) in [6.45, 7) is 1.88. The molecular weight excluding hydrogens is 150 g/mol. The molecule has 0 bridgehead atoms. The zero-order valence-electron chi connectivity index (χ0n) is 5.79. The van der Waals surface area contributed by atoms with Crippen LogP contribution in [-0.2, 0) is 7.05 Å². The maximum absolute atomic E-state index is 10.4. The van der Waals surface area contributed by atoms with Crippen molar-refractivity contribution in [2.75, 3.05) is 0 Å². The fourth-order valence-electron chi connectivity index (χ4n) is 0.653. The van der Waals surface area contributed by atoms with E-state index < -0.39 is 5.97 Å². The molecule has 0 unspecified atom stereocenters. The van der Waals surface area contributed by atoms with Crippen molar-refractivity contribution in [3.63, 3.8) is 0 Å². The van der Waals surface area contributed by atoms with E-state index >= 15 is 0 Å². The normalized spacial score (nSPS) is 9.80. The Hall–Kier alpha value is -0.900. The summed E-state index contributed by atoms with van der Waals surface area (Å²) in [5.74, 6) is -0.861. The van der Waals surface area contributed by atoms with E-state index in [4.69, 9.17) is 5.11 Å². The monoisotopic (exact) mass is 158 g/mol. The van der Waals surface area contributed by atoms with Gasteiger partial charge in [0.2, 0.25) is 0 Å². The van der Waals surface area contributed by atoms with Gasteiger partial charge < -0.3 is 5.11 Å². The molecule has 0 aliphatic rings. The number of carboxylic acids is 1. The molecule has 0 aliphatic heterocycles. The first-order valence-corrected chi connectivity index (χ1v) is 3.68. The Morgan fingerprint density at radius 2 is 2.40 bits per heavy atom. The van der Waals surface area contributed by atoms with Gasteiger partial charge in [-0.1, -0.05) is 11.3 Å². The molecule has 1 N–H and O–H groups in total. The number of thiazole rings is 1. The first-order chi connectivity index (χ1) is 4.63.